The summed E-state index contributed by atoms with van der Waals surface area (Å²) in [6.45, 7) is 0. The standard InChI is InChI=1S/C3H3N2O2/c1-6-3-4-2-5-7-3/h1H3. The Morgan fingerprint density at radius 1 is 1.86 bits per heavy atom. The van der Waals surface area contributed by atoms with Crippen LogP contribution in [0.1, 0.15) is 0 Å². The lowest BCUT2D eigenvalue weighted by Crippen LogP contribution is -1.78. The third-order valence-electron chi connectivity index (χ3n) is 0.480. The van der Waals surface area contributed by atoms with Gasteiger partial charge in [0, 0.05) is 0 Å². The first-order valence-electron chi connectivity index (χ1n) is 1.67. The van der Waals surface area contributed by atoms with Crippen molar-refractivity contribution in [3.63, 3.8) is 0 Å². The molecule has 1 aromatic rings. The van der Waals surface area contributed by atoms with Gasteiger partial charge in [-0.15, -0.1) is 4.98 Å². The second-order valence-corrected chi connectivity index (χ2v) is 0.864. The summed E-state index contributed by atoms with van der Waals surface area (Å²) in [4.78, 5) is 3.41. The van der Waals surface area contributed by atoms with Crippen LogP contribution < -0.4 is 4.74 Å². The third kappa shape index (κ3) is 0.677. The van der Waals surface area contributed by atoms with Crippen LogP contribution in [-0.2, 0) is 0 Å². The summed E-state index contributed by atoms with van der Waals surface area (Å²) in [6.07, 6.45) is 2.33. The van der Waals surface area contributed by atoms with Gasteiger partial charge in [-0.3, -0.25) is 4.52 Å². The molecule has 37 valence electrons. The molecule has 0 aliphatic rings. The van der Waals surface area contributed by atoms with Crippen LogP contribution in [0.25, 0.3) is 0 Å². The Kier molecular flexibility index (Phi) is 0.934. The van der Waals surface area contributed by atoms with E-state index in [-0.39, 0.29) is 6.08 Å². The van der Waals surface area contributed by atoms with Gasteiger partial charge in [-0.2, -0.15) is 0 Å². The largest absolute Gasteiger partial charge is 0.452 e. The number of hydrogen-bond donors (Lipinski definition) is 0. The number of ether oxygens (including phenoxy) is 1. The summed E-state index contributed by atoms with van der Waals surface area (Å²) in [5.74, 6) is 0. The van der Waals surface area contributed by atoms with E-state index in [1.54, 1.807) is 0 Å². The second-order valence-electron chi connectivity index (χ2n) is 0.864. The molecule has 1 rings (SSSR count). The van der Waals surface area contributed by atoms with Crippen LogP contribution in [0.2, 0.25) is 0 Å². The maximum absolute atomic E-state index is 4.48. The highest BCUT2D eigenvalue weighted by Gasteiger charge is 1.90. The fraction of sp³-hybridized carbons (Fsp3) is 0.333. The molecule has 0 aliphatic heterocycles. The zero-order valence-corrected chi connectivity index (χ0v) is 3.71. The van der Waals surface area contributed by atoms with Crippen LogP contribution in [0.15, 0.2) is 4.52 Å². The van der Waals surface area contributed by atoms with Gasteiger partial charge in [-0.05, 0) is 5.16 Å². The fourth-order valence-electron chi connectivity index (χ4n) is 0.224. The molecule has 4 nitrogen and oxygen atoms in total. The van der Waals surface area contributed by atoms with Crippen molar-refractivity contribution < 1.29 is 9.26 Å². The molecule has 0 amide bonds. The summed E-state index contributed by atoms with van der Waals surface area (Å²) < 4.78 is 8.83. The molecule has 0 aromatic carbocycles. The summed E-state index contributed by atoms with van der Waals surface area (Å²) in [5, 5.41) is 3.16. The summed E-state index contributed by atoms with van der Waals surface area (Å²) in [7, 11) is 1.45. The quantitative estimate of drug-likeness (QED) is 0.492. The lowest BCUT2D eigenvalue weighted by molar-refractivity contribution is 0.250. The monoisotopic (exact) mass is 99.0 g/mol. The van der Waals surface area contributed by atoms with E-state index in [0.717, 1.165) is 0 Å². The number of aromatic nitrogens is 2. The topological polar surface area (TPSA) is 48.2 Å². The maximum Gasteiger partial charge on any atom is 0.417 e. The smallest absolute Gasteiger partial charge is 0.417 e. The van der Waals surface area contributed by atoms with E-state index in [9.17, 15) is 0 Å². The van der Waals surface area contributed by atoms with Crippen LogP contribution in [0.3, 0.4) is 0 Å². The maximum atomic E-state index is 4.48. The highest BCUT2D eigenvalue weighted by atomic mass is 16.6. The second kappa shape index (κ2) is 1.59. The molecule has 0 atom stereocenters. The van der Waals surface area contributed by atoms with E-state index in [0.29, 0.717) is 0 Å². The first-order valence-corrected chi connectivity index (χ1v) is 1.67. The minimum Gasteiger partial charge on any atom is -0.452 e. The van der Waals surface area contributed by atoms with Crippen LogP contribution in [0.4, 0.5) is 0 Å². The van der Waals surface area contributed by atoms with E-state index in [2.05, 4.69) is 25.7 Å². The van der Waals surface area contributed by atoms with Gasteiger partial charge in [0.05, 0.1) is 7.11 Å². The van der Waals surface area contributed by atoms with E-state index in [1.807, 2.05) is 0 Å². The molecule has 0 aliphatic carbocycles. The summed E-state index contributed by atoms with van der Waals surface area (Å²) >= 11 is 0. The molecule has 1 aromatic heterocycles. The molecule has 0 N–H and O–H groups in total. The number of nitrogens with zero attached hydrogens (tertiary/aromatic N) is 2. The number of hydrogen-bond acceptors (Lipinski definition) is 4. The average Bonchev–Trinajstić information content (AvgIpc) is 2.14. The van der Waals surface area contributed by atoms with Gasteiger partial charge in [0.2, 0.25) is 6.33 Å². The van der Waals surface area contributed by atoms with Gasteiger partial charge in [0.25, 0.3) is 0 Å². The molecule has 4 heteroatoms. The van der Waals surface area contributed by atoms with Gasteiger partial charge in [0.15, 0.2) is 0 Å². The minimum absolute atomic E-state index is 0.139. The zero-order valence-electron chi connectivity index (χ0n) is 3.71. The van der Waals surface area contributed by atoms with Gasteiger partial charge >= 0.3 is 6.08 Å². The van der Waals surface area contributed by atoms with Gasteiger partial charge < -0.3 is 4.74 Å². The summed E-state index contributed by atoms with van der Waals surface area (Å²) in [5.41, 5.74) is 0. The minimum atomic E-state index is 0.139. The van der Waals surface area contributed by atoms with Crippen LogP contribution in [-0.4, -0.2) is 17.3 Å². The SMILES string of the molecule is COc1n[c]no1. The molecule has 1 heterocycles. The van der Waals surface area contributed by atoms with E-state index in [1.165, 1.54) is 7.11 Å². The van der Waals surface area contributed by atoms with Crippen LogP contribution in [0.5, 0.6) is 6.08 Å². The van der Waals surface area contributed by atoms with E-state index >= 15 is 0 Å². The van der Waals surface area contributed by atoms with Crippen molar-refractivity contribution >= 4 is 0 Å². The van der Waals surface area contributed by atoms with E-state index < -0.39 is 0 Å². The molecule has 0 fully saturated rings. The molecular weight excluding hydrogens is 96.0 g/mol. The molecule has 0 bridgehead atoms. The lowest BCUT2D eigenvalue weighted by Gasteiger charge is -1.80. The molecule has 0 spiro atoms. The Morgan fingerprint density at radius 3 is 3.00 bits per heavy atom. The fourth-order valence-corrected chi connectivity index (χ4v) is 0.224. The van der Waals surface area contributed by atoms with Crippen LogP contribution in [0, 0.1) is 6.33 Å². The Morgan fingerprint density at radius 2 is 2.71 bits per heavy atom. The van der Waals surface area contributed by atoms with Crippen molar-refractivity contribution in [3.05, 3.63) is 6.33 Å². The lowest BCUT2D eigenvalue weighted by atomic mass is 11.2. The average molecular weight is 99.1 g/mol. The normalized spacial score (nSPS) is 8.71. The number of methoxy groups -OCH3 is 1. The molecule has 7 heavy (non-hydrogen) atoms. The predicted octanol–water partition coefficient (Wildman–Crippen LogP) is -0.122. The summed E-state index contributed by atoms with van der Waals surface area (Å²) in [6, 6.07) is 0. The molecule has 0 saturated carbocycles. The Balaban J connectivity index is 2.76. The van der Waals surface area contributed by atoms with E-state index in [4.69, 9.17) is 0 Å². The Bertz CT molecular complexity index is 125. The van der Waals surface area contributed by atoms with Crippen molar-refractivity contribution in [1.29, 1.82) is 0 Å². The third-order valence-corrected chi connectivity index (χ3v) is 0.480. The molecule has 0 unspecified atom stereocenters. The highest BCUT2D eigenvalue weighted by Crippen LogP contribution is 1.96. The number of rotatable bonds is 1. The van der Waals surface area contributed by atoms with Crippen molar-refractivity contribution in [3.8, 4) is 6.08 Å². The van der Waals surface area contributed by atoms with Crippen molar-refractivity contribution in [2.45, 2.75) is 0 Å². The molecule has 1 radical (unpaired) electrons. The van der Waals surface area contributed by atoms with Crippen molar-refractivity contribution in [2.75, 3.05) is 7.11 Å². The first kappa shape index (κ1) is 4.11. The molecule has 0 saturated heterocycles. The first-order chi connectivity index (χ1) is 3.43. The zero-order chi connectivity index (χ0) is 5.11. The Hall–Kier alpha value is -1.06. The van der Waals surface area contributed by atoms with Gasteiger partial charge in [0.1, 0.15) is 0 Å². The van der Waals surface area contributed by atoms with Gasteiger partial charge in [-0.1, -0.05) is 0 Å². The highest BCUT2D eigenvalue weighted by molar-refractivity contribution is 4.75. The van der Waals surface area contributed by atoms with Crippen LogP contribution >= 0.6 is 0 Å². The van der Waals surface area contributed by atoms with Crippen molar-refractivity contribution in [1.82, 2.24) is 10.1 Å². The van der Waals surface area contributed by atoms with Gasteiger partial charge in [-0.25, -0.2) is 0 Å². The molecular formula is C3H3N2O2. The Labute approximate surface area is 40.1 Å². The van der Waals surface area contributed by atoms with Crippen molar-refractivity contribution in [2.24, 2.45) is 0 Å². The predicted molar refractivity (Wildman–Crippen MR) is 19.7 cm³/mol.